The van der Waals surface area contributed by atoms with Crippen molar-refractivity contribution in [3.63, 3.8) is 0 Å². The van der Waals surface area contributed by atoms with Crippen LogP contribution >= 0.6 is 11.6 Å². The second-order valence-corrected chi connectivity index (χ2v) is 7.12. The van der Waals surface area contributed by atoms with Crippen LogP contribution in [0.25, 0.3) is 5.65 Å². The highest BCUT2D eigenvalue weighted by atomic mass is 35.5. The summed E-state index contributed by atoms with van der Waals surface area (Å²) in [6.07, 6.45) is 1.48. The molecule has 32 heavy (non-hydrogen) atoms. The van der Waals surface area contributed by atoms with Gasteiger partial charge in [0, 0.05) is 30.1 Å². The van der Waals surface area contributed by atoms with Gasteiger partial charge in [-0.15, -0.1) is 0 Å². The van der Waals surface area contributed by atoms with Crippen molar-refractivity contribution < 1.29 is 18.3 Å². The Morgan fingerprint density at radius 2 is 1.91 bits per heavy atom. The molecule has 0 aliphatic heterocycles. The van der Waals surface area contributed by atoms with E-state index in [9.17, 15) is 18.4 Å². The lowest BCUT2D eigenvalue weighted by atomic mass is 10.3. The van der Waals surface area contributed by atoms with Crippen LogP contribution in [0.1, 0.15) is 5.69 Å². The number of amides is 2. The van der Waals surface area contributed by atoms with E-state index in [0.717, 1.165) is 12.1 Å². The number of hydrogen-bond donors (Lipinski definition) is 2. The monoisotopic (exact) mass is 456 g/mol. The first-order valence-electron chi connectivity index (χ1n) is 9.31. The standard InChI is InChI=1S/C22H15ClF2N4O3/c23-13-4-7-20-26-16(10-21(30)29(20)11-13)12-32-17-3-1-2-15(9-17)27-22(31)28-19-6-5-14(24)8-18(19)25/h1-11H,12H2,(H2,27,28,31). The van der Waals surface area contributed by atoms with Crippen molar-refractivity contribution in [2.24, 2.45) is 0 Å². The SMILES string of the molecule is O=C(Nc1cccc(OCc2cc(=O)n3cc(Cl)ccc3n2)c1)Nc1ccc(F)cc1F. The number of rotatable bonds is 5. The summed E-state index contributed by atoms with van der Waals surface area (Å²) in [7, 11) is 0. The molecule has 0 spiro atoms. The fraction of sp³-hybridized carbons (Fsp3) is 0.0455. The predicted octanol–water partition coefficient (Wildman–Crippen LogP) is 4.85. The number of nitrogens with zero attached hydrogens (tertiary/aromatic N) is 2. The smallest absolute Gasteiger partial charge is 0.323 e. The Morgan fingerprint density at radius 3 is 2.72 bits per heavy atom. The summed E-state index contributed by atoms with van der Waals surface area (Å²) < 4.78 is 33.7. The number of hydrogen-bond acceptors (Lipinski definition) is 4. The van der Waals surface area contributed by atoms with Gasteiger partial charge in [0.25, 0.3) is 5.56 Å². The van der Waals surface area contributed by atoms with Crippen LogP contribution in [0.5, 0.6) is 5.75 Å². The Labute approximate surface area is 185 Å². The van der Waals surface area contributed by atoms with Gasteiger partial charge in [0.05, 0.1) is 16.4 Å². The highest BCUT2D eigenvalue weighted by Crippen LogP contribution is 2.20. The van der Waals surface area contributed by atoms with Gasteiger partial charge in [0.1, 0.15) is 29.6 Å². The maximum atomic E-state index is 13.7. The molecule has 0 aliphatic rings. The lowest BCUT2D eigenvalue weighted by molar-refractivity contribution is 0.262. The van der Waals surface area contributed by atoms with Gasteiger partial charge in [-0.25, -0.2) is 18.6 Å². The normalized spacial score (nSPS) is 10.7. The van der Waals surface area contributed by atoms with Crippen LogP contribution in [0.2, 0.25) is 5.02 Å². The topological polar surface area (TPSA) is 84.7 Å². The molecule has 0 aliphatic carbocycles. The molecule has 0 fully saturated rings. The van der Waals surface area contributed by atoms with E-state index in [1.807, 2.05) is 0 Å². The summed E-state index contributed by atoms with van der Waals surface area (Å²) >= 11 is 5.90. The van der Waals surface area contributed by atoms with Crippen molar-refractivity contribution in [2.45, 2.75) is 6.61 Å². The summed E-state index contributed by atoms with van der Waals surface area (Å²) in [5.74, 6) is -1.22. The first-order chi connectivity index (χ1) is 15.4. The third kappa shape index (κ3) is 5.01. The van der Waals surface area contributed by atoms with Gasteiger partial charge in [0.2, 0.25) is 0 Å². The fourth-order valence-corrected chi connectivity index (χ4v) is 3.06. The van der Waals surface area contributed by atoms with E-state index < -0.39 is 17.7 Å². The van der Waals surface area contributed by atoms with Gasteiger partial charge in [-0.1, -0.05) is 17.7 Å². The van der Waals surface area contributed by atoms with Gasteiger partial charge in [0.15, 0.2) is 0 Å². The zero-order valence-electron chi connectivity index (χ0n) is 16.3. The molecule has 10 heteroatoms. The van der Waals surface area contributed by atoms with E-state index >= 15 is 0 Å². The molecule has 2 N–H and O–H groups in total. The van der Waals surface area contributed by atoms with Crippen molar-refractivity contribution in [3.8, 4) is 5.75 Å². The molecule has 7 nitrogen and oxygen atoms in total. The number of carbonyl (C=O) groups excluding carboxylic acids is 1. The number of fused-ring (bicyclic) bond motifs is 1. The molecule has 2 heterocycles. The number of ether oxygens (including phenoxy) is 1. The molecule has 4 aromatic rings. The first kappa shape index (κ1) is 21.3. The largest absolute Gasteiger partial charge is 0.487 e. The van der Waals surface area contributed by atoms with E-state index in [4.69, 9.17) is 16.3 Å². The Bertz CT molecular complexity index is 1380. The molecule has 2 aromatic heterocycles. The molecular weight excluding hydrogens is 442 g/mol. The Morgan fingerprint density at radius 1 is 1.06 bits per heavy atom. The molecule has 0 radical (unpaired) electrons. The number of aromatic nitrogens is 2. The van der Waals surface area contributed by atoms with Gasteiger partial charge in [-0.3, -0.25) is 9.20 Å². The second-order valence-electron chi connectivity index (χ2n) is 6.68. The van der Waals surface area contributed by atoms with E-state index in [0.29, 0.717) is 33.9 Å². The maximum Gasteiger partial charge on any atom is 0.323 e. The van der Waals surface area contributed by atoms with Crippen molar-refractivity contribution >= 4 is 34.7 Å². The van der Waals surface area contributed by atoms with Crippen LogP contribution < -0.4 is 20.9 Å². The van der Waals surface area contributed by atoms with E-state index in [2.05, 4.69) is 15.6 Å². The summed E-state index contributed by atoms with van der Waals surface area (Å²) in [5, 5.41) is 5.26. The van der Waals surface area contributed by atoms with Gasteiger partial charge < -0.3 is 15.4 Å². The number of nitrogens with one attached hydrogen (secondary N) is 2. The zero-order valence-corrected chi connectivity index (χ0v) is 17.1. The summed E-state index contributed by atoms with van der Waals surface area (Å²) in [4.78, 5) is 28.7. The molecule has 0 bridgehead atoms. The number of carbonyl (C=O) groups is 1. The molecule has 0 unspecified atom stereocenters. The predicted molar refractivity (Wildman–Crippen MR) is 116 cm³/mol. The average molecular weight is 457 g/mol. The van der Waals surface area contributed by atoms with E-state index in [1.54, 1.807) is 36.4 Å². The Hall–Kier alpha value is -3.98. The maximum absolute atomic E-state index is 13.7. The van der Waals surface area contributed by atoms with Crippen LogP contribution in [-0.4, -0.2) is 15.4 Å². The van der Waals surface area contributed by atoms with Crippen LogP contribution in [0.4, 0.5) is 25.0 Å². The van der Waals surface area contributed by atoms with Crippen LogP contribution in [0.3, 0.4) is 0 Å². The number of benzene rings is 2. The molecule has 4 rings (SSSR count). The molecule has 0 saturated carbocycles. The molecule has 0 atom stereocenters. The summed E-state index contributed by atoms with van der Waals surface area (Å²) in [6.45, 7) is 0.0187. The lowest BCUT2D eigenvalue weighted by Crippen LogP contribution is -2.20. The number of pyridine rings is 1. The second kappa shape index (κ2) is 9.03. The highest BCUT2D eigenvalue weighted by Gasteiger charge is 2.09. The Kier molecular flexibility index (Phi) is 6.00. The van der Waals surface area contributed by atoms with Crippen molar-refractivity contribution in [1.29, 1.82) is 0 Å². The number of urea groups is 1. The number of halogens is 3. The lowest BCUT2D eigenvalue weighted by Gasteiger charge is -2.11. The zero-order chi connectivity index (χ0) is 22.7. The van der Waals surface area contributed by atoms with Gasteiger partial charge >= 0.3 is 6.03 Å². The van der Waals surface area contributed by atoms with Crippen LogP contribution in [0.15, 0.2) is 71.7 Å². The fourth-order valence-electron chi connectivity index (χ4n) is 2.90. The third-order valence-corrected chi connectivity index (χ3v) is 4.56. The molecular formula is C22H15ClF2N4O3. The van der Waals surface area contributed by atoms with Gasteiger partial charge in [-0.05, 0) is 36.4 Å². The number of anilines is 2. The van der Waals surface area contributed by atoms with Crippen molar-refractivity contribution in [3.05, 3.63) is 99.6 Å². The first-order valence-corrected chi connectivity index (χ1v) is 9.69. The summed E-state index contributed by atoms with van der Waals surface area (Å²) in [5.41, 5.74) is 0.770. The minimum atomic E-state index is -0.890. The quantitative estimate of drug-likeness (QED) is 0.449. The van der Waals surface area contributed by atoms with E-state index in [-0.39, 0.29) is 17.9 Å². The van der Waals surface area contributed by atoms with E-state index in [1.165, 1.54) is 16.7 Å². The molecule has 162 valence electrons. The molecule has 2 amide bonds. The molecule has 2 aromatic carbocycles. The third-order valence-electron chi connectivity index (χ3n) is 4.33. The molecule has 0 saturated heterocycles. The summed E-state index contributed by atoms with van der Waals surface area (Å²) in [6, 6.07) is 13.2. The van der Waals surface area contributed by atoms with Crippen LogP contribution in [0, 0.1) is 11.6 Å². The van der Waals surface area contributed by atoms with Crippen molar-refractivity contribution in [1.82, 2.24) is 9.38 Å². The highest BCUT2D eigenvalue weighted by molar-refractivity contribution is 6.30. The van der Waals surface area contributed by atoms with Gasteiger partial charge in [-0.2, -0.15) is 0 Å². The average Bonchev–Trinajstić information content (AvgIpc) is 2.75. The minimum Gasteiger partial charge on any atom is -0.487 e. The minimum absolute atomic E-state index is 0.0187. The van der Waals surface area contributed by atoms with Crippen molar-refractivity contribution in [2.75, 3.05) is 10.6 Å². The van der Waals surface area contributed by atoms with Crippen LogP contribution in [-0.2, 0) is 6.61 Å². The Balaban J connectivity index is 1.42.